The number of benzene rings is 4. The highest BCUT2D eigenvalue weighted by atomic mass is 16.2. The minimum atomic E-state index is -0.269. The van der Waals surface area contributed by atoms with E-state index in [9.17, 15) is 9.59 Å². The molecule has 0 saturated heterocycles. The summed E-state index contributed by atoms with van der Waals surface area (Å²) in [4.78, 5) is 35.9. The SMILES string of the molecule is Cc1c(-c2cn(C)c(=O)c(Nc3cccc(CN(C)CC#N)c3)n2)cccc1N(C(=O)c1ccc(C(C)(C)C)cc1)c1ccccc1. The van der Waals surface area contributed by atoms with E-state index in [0.29, 0.717) is 24.3 Å². The van der Waals surface area contributed by atoms with Gasteiger partial charge in [-0.15, -0.1) is 0 Å². The minimum absolute atomic E-state index is 0.0281. The van der Waals surface area contributed by atoms with E-state index in [1.807, 2.05) is 116 Å². The second-order valence-electron chi connectivity index (χ2n) is 12.8. The fourth-order valence-corrected chi connectivity index (χ4v) is 5.52. The summed E-state index contributed by atoms with van der Waals surface area (Å²) in [5.41, 5.74) is 6.86. The molecule has 0 radical (unpaired) electrons. The first kappa shape index (κ1) is 32.9. The van der Waals surface area contributed by atoms with E-state index in [-0.39, 0.29) is 22.7 Å². The fourth-order valence-electron chi connectivity index (χ4n) is 5.52. The normalized spacial score (nSPS) is 11.3. The van der Waals surface area contributed by atoms with Gasteiger partial charge in [0.15, 0.2) is 5.82 Å². The predicted octanol–water partition coefficient (Wildman–Crippen LogP) is 7.73. The molecule has 0 aliphatic heterocycles. The number of aryl methyl sites for hydroxylation is 1. The van der Waals surface area contributed by atoms with Crippen LogP contribution in [0.2, 0.25) is 0 Å². The summed E-state index contributed by atoms with van der Waals surface area (Å²) in [6.07, 6.45) is 1.72. The first-order chi connectivity index (χ1) is 22.5. The molecule has 0 aliphatic carbocycles. The third-order valence-corrected chi connectivity index (χ3v) is 8.09. The molecule has 238 valence electrons. The van der Waals surface area contributed by atoms with Crippen molar-refractivity contribution < 1.29 is 4.79 Å². The minimum Gasteiger partial charge on any atom is -0.336 e. The molecular formula is C39H40N6O2. The molecule has 0 spiro atoms. The molecular weight excluding hydrogens is 584 g/mol. The molecule has 8 nitrogen and oxygen atoms in total. The summed E-state index contributed by atoms with van der Waals surface area (Å²) in [5.74, 6) is 0.0419. The number of carbonyl (C=O) groups is 1. The van der Waals surface area contributed by atoms with Crippen LogP contribution in [0.5, 0.6) is 0 Å². The zero-order chi connectivity index (χ0) is 33.7. The van der Waals surface area contributed by atoms with E-state index >= 15 is 0 Å². The van der Waals surface area contributed by atoms with Crippen LogP contribution in [0, 0.1) is 18.3 Å². The first-order valence-electron chi connectivity index (χ1n) is 15.6. The second-order valence-corrected chi connectivity index (χ2v) is 12.8. The van der Waals surface area contributed by atoms with Crippen molar-refractivity contribution in [3.8, 4) is 17.3 Å². The maximum atomic E-state index is 14.2. The molecule has 5 aromatic rings. The van der Waals surface area contributed by atoms with Crippen molar-refractivity contribution in [1.29, 1.82) is 5.26 Å². The molecule has 1 amide bonds. The molecule has 0 atom stereocenters. The summed E-state index contributed by atoms with van der Waals surface area (Å²) in [6.45, 7) is 9.33. The number of nitrogens with zero attached hydrogens (tertiary/aromatic N) is 5. The van der Waals surface area contributed by atoms with Gasteiger partial charge in [-0.25, -0.2) is 4.98 Å². The standard InChI is InChI=1S/C39H40N6O2/c1-27-33(34-26-44(6)38(47)36(42-34)41-31-13-10-12-28(24-31)25-43(5)23-22-40)16-11-17-35(27)45(32-14-8-7-9-15-32)37(46)29-18-20-30(21-19-29)39(2,3)4/h7-21,24,26H,23,25H2,1-6H3,(H,41,42). The summed E-state index contributed by atoms with van der Waals surface area (Å²) >= 11 is 0. The highest BCUT2D eigenvalue weighted by Crippen LogP contribution is 2.35. The van der Waals surface area contributed by atoms with Gasteiger partial charge in [0.2, 0.25) is 0 Å². The van der Waals surface area contributed by atoms with E-state index < -0.39 is 0 Å². The Labute approximate surface area is 276 Å². The Kier molecular flexibility index (Phi) is 9.69. The second kappa shape index (κ2) is 13.9. The summed E-state index contributed by atoms with van der Waals surface area (Å²) < 4.78 is 1.51. The molecule has 0 fully saturated rings. The van der Waals surface area contributed by atoms with Crippen molar-refractivity contribution in [3.05, 3.63) is 136 Å². The smallest absolute Gasteiger partial charge is 0.293 e. The quantitative estimate of drug-likeness (QED) is 0.169. The van der Waals surface area contributed by atoms with Crippen LogP contribution in [-0.4, -0.2) is 34.0 Å². The highest BCUT2D eigenvalue weighted by Gasteiger charge is 2.24. The maximum absolute atomic E-state index is 14.2. The van der Waals surface area contributed by atoms with Gasteiger partial charge in [0.25, 0.3) is 11.5 Å². The topological polar surface area (TPSA) is 94.3 Å². The van der Waals surface area contributed by atoms with Crippen LogP contribution in [0.15, 0.2) is 108 Å². The van der Waals surface area contributed by atoms with Crippen LogP contribution in [-0.2, 0) is 19.0 Å². The van der Waals surface area contributed by atoms with Crippen molar-refractivity contribution in [2.24, 2.45) is 7.05 Å². The highest BCUT2D eigenvalue weighted by molar-refractivity contribution is 6.11. The number of nitrogens with one attached hydrogen (secondary N) is 1. The van der Waals surface area contributed by atoms with Gasteiger partial charge < -0.3 is 9.88 Å². The number of aromatic nitrogens is 2. The lowest BCUT2D eigenvalue weighted by Gasteiger charge is -2.26. The number of hydrogen-bond donors (Lipinski definition) is 1. The molecule has 8 heteroatoms. The lowest BCUT2D eigenvalue weighted by molar-refractivity contribution is 0.0999. The molecule has 0 aliphatic rings. The largest absolute Gasteiger partial charge is 0.336 e. The van der Waals surface area contributed by atoms with Crippen molar-refractivity contribution in [2.75, 3.05) is 23.8 Å². The Hall–Kier alpha value is -5.52. The van der Waals surface area contributed by atoms with Crippen LogP contribution >= 0.6 is 0 Å². The lowest BCUT2D eigenvalue weighted by atomic mass is 9.86. The zero-order valence-electron chi connectivity index (χ0n) is 27.8. The molecule has 0 unspecified atom stereocenters. The van der Waals surface area contributed by atoms with E-state index in [0.717, 1.165) is 39.3 Å². The fraction of sp³-hybridized carbons (Fsp3) is 0.231. The molecule has 0 saturated carbocycles. The Morgan fingerprint density at radius 2 is 1.66 bits per heavy atom. The van der Waals surface area contributed by atoms with Crippen LogP contribution in [0.25, 0.3) is 11.3 Å². The van der Waals surface area contributed by atoms with Crippen LogP contribution in [0.3, 0.4) is 0 Å². The average molecular weight is 625 g/mol. The van der Waals surface area contributed by atoms with E-state index in [2.05, 4.69) is 32.2 Å². The third-order valence-electron chi connectivity index (χ3n) is 8.09. The summed E-state index contributed by atoms with van der Waals surface area (Å²) in [5, 5.41) is 12.2. The Morgan fingerprint density at radius 3 is 2.34 bits per heavy atom. The van der Waals surface area contributed by atoms with Gasteiger partial charge >= 0.3 is 0 Å². The monoisotopic (exact) mass is 624 g/mol. The molecule has 4 aromatic carbocycles. The van der Waals surface area contributed by atoms with Gasteiger partial charge in [-0.2, -0.15) is 5.26 Å². The Balaban J connectivity index is 1.53. The zero-order valence-corrected chi connectivity index (χ0v) is 27.8. The summed E-state index contributed by atoms with van der Waals surface area (Å²) in [7, 11) is 3.59. The predicted molar refractivity (Wildman–Crippen MR) is 189 cm³/mol. The molecule has 1 heterocycles. The number of rotatable bonds is 9. The van der Waals surface area contributed by atoms with Gasteiger partial charge in [-0.05, 0) is 78.5 Å². The van der Waals surface area contributed by atoms with Gasteiger partial charge in [0.05, 0.1) is 24.0 Å². The molecule has 1 N–H and O–H groups in total. The number of nitriles is 1. The van der Waals surface area contributed by atoms with Gasteiger partial charge in [0, 0.05) is 42.3 Å². The van der Waals surface area contributed by atoms with Crippen LogP contribution < -0.4 is 15.8 Å². The number of amides is 1. The maximum Gasteiger partial charge on any atom is 0.293 e. The van der Waals surface area contributed by atoms with Crippen LogP contribution in [0.1, 0.15) is 47.8 Å². The van der Waals surface area contributed by atoms with Crippen molar-refractivity contribution in [2.45, 2.75) is 39.7 Å². The van der Waals surface area contributed by atoms with Crippen molar-refractivity contribution in [1.82, 2.24) is 14.5 Å². The average Bonchev–Trinajstić information content (AvgIpc) is 3.04. The van der Waals surface area contributed by atoms with Gasteiger partial charge in [0.1, 0.15) is 0 Å². The number of hydrogen-bond acceptors (Lipinski definition) is 6. The van der Waals surface area contributed by atoms with Gasteiger partial charge in [-0.3, -0.25) is 19.4 Å². The Bertz CT molecular complexity index is 1990. The molecule has 47 heavy (non-hydrogen) atoms. The van der Waals surface area contributed by atoms with Gasteiger partial charge in [-0.1, -0.05) is 75.4 Å². The first-order valence-corrected chi connectivity index (χ1v) is 15.6. The van der Waals surface area contributed by atoms with E-state index in [1.54, 1.807) is 18.1 Å². The third kappa shape index (κ3) is 7.49. The Morgan fingerprint density at radius 1 is 0.957 bits per heavy atom. The molecule has 0 bridgehead atoms. The number of para-hydroxylation sites is 1. The molecule has 1 aromatic heterocycles. The van der Waals surface area contributed by atoms with E-state index in [1.165, 1.54) is 4.57 Å². The van der Waals surface area contributed by atoms with Crippen molar-refractivity contribution in [3.63, 3.8) is 0 Å². The molecule has 5 rings (SSSR count). The lowest BCUT2D eigenvalue weighted by Crippen LogP contribution is -2.27. The van der Waals surface area contributed by atoms with Crippen molar-refractivity contribution >= 4 is 28.8 Å². The van der Waals surface area contributed by atoms with Crippen LogP contribution in [0.4, 0.5) is 22.9 Å². The van der Waals surface area contributed by atoms with E-state index in [4.69, 9.17) is 10.2 Å². The number of carbonyl (C=O) groups excluding carboxylic acids is 1. The number of anilines is 4. The summed E-state index contributed by atoms with van der Waals surface area (Å²) in [6, 6.07) is 33.1.